The second-order valence-corrected chi connectivity index (χ2v) is 7.95. The highest BCUT2D eigenvalue weighted by atomic mass is 19.3. The van der Waals surface area contributed by atoms with Crippen LogP contribution in [0.5, 0.6) is 0 Å². The van der Waals surface area contributed by atoms with Crippen molar-refractivity contribution in [2.45, 2.75) is 31.7 Å². The molecule has 0 saturated carbocycles. The van der Waals surface area contributed by atoms with E-state index in [-0.39, 0.29) is 24.9 Å². The highest BCUT2D eigenvalue weighted by Gasteiger charge is 2.26. The van der Waals surface area contributed by atoms with E-state index in [4.69, 9.17) is 0 Å². The summed E-state index contributed by atoms with van der Waals surface area (Å²) < 4.78 is 25.2. The Balaban J connectivity index is 1.41. The number of likely N-dealkylation sites (tertiary alicyclic amines) is 1. The lowest BCUT2D eigenvalue weighted by Gasteiger charge is -2.36. The van der Waals surface area contributed by atoms with Crippen molar-refractivity contribution in [1.29, 1.82) is 0 Å². The molecule has 162 valence electrons. The number of benzene rings is 1. The third-order valence-corrected chi connectivity index (χ3v) is 5.84. The largest absolute Gasteiger partial charge is 0.342 e. The fraction of sp³-hybridized carbons (Fsp3) is 0.391. The number of hydrogen-bond donors (Lipinski definition) is 0. The van der Waals surface area contributed by atoms with Crippen molar-refractivity contribution in [3.05, 3.63) is 54.7 Å². The zero-order chi connectivity index (χ0) is 21.8. The van der Waals surface area contributed by atoms with Crippen molar-refractivity contribution >= 4 is 16.7 Å². The standard InChI is InChI=1S/C23H25F2N5O/c1-29(15-22(24)25)20-4-8-30(9-5-20)23(31)12-19-11-18-10-16(2-3-17(18)13-28-19)21-14-26-6-7-27-21/h2-3,6-7,10-11,13-14,20,22H,4-5,8-9,12,15H2,1H3. The van der Waals surface area contributed by atoms with Crippen LogP contribution in [0.4, 0.5) is 8.78 Å². The molecule has 0 atom stereocenters. The topological polar surface area (TPSA) is 62.2 Å². The zero-order valence-corrected chi connectivity index (χ0v) is 17.4. The van der Waals surface area contributed by atoms with Crippen molar-refractivity contribution in [3.63, 3.8) is 0 Å². The highest BCUT2D eigenvalue weighted by Crippen LogP contribution is 2.23. The van der Waals surface area contributed by atoms with E-state index in [1.807, 2.05) is 29.2 Å². The fourth-order valence-electron chi connectivity index (χ4n) is 4.08. The number of fused-ring (bicyclic) bond motifs is 1. The molecule has 8 heteroatoms. The van der Waals surface area contributed by atoms with Crippen molar-refractivity contribution in [3.8, 4) is 11.3 Å². The van der Waals surface area contributed by atoms with Gasteiger partial charge in [0, 0.05) is 48.7 Å². The molecular weight excluding hydrogens is 400 g/mol. The minimum absolute atomic E-state index is 0.0203. The van der Waals surface area contributed by atoms with Gasteiger partial charge >= 0.3 is 0 Å². The molecule has 1 aromatic carbocycles. The van der Waals surface area contributed by atoms with E-state index < -0.39 is 6.43 Å². The minimum atomic E-state index is -2.34. The molecule has 4 rings (SSSR count). The van der Waals surface area contributed by atoms with Crippen LogP contribution in [-0.4, -0.2) is 69.8 Å². The first-order chi connectivity index (χ1) is 15.0. The van der Waals surface area contributed by atoms with E-state index in [1.165, 1.54) is 0 Å². The molecular formula is C23H25F2N5O. The van der Waals surface area contributed by atoms with Gasteiger partial charge in [0.2, 0.25) is 5.91 Å². The molecule has 1 aliphatic rings. The van der Waals surface area contributed by atoms with Gasteiger partial charge < -0.3 is 4.90 Å². The number of amides is 1. The SMILES string of the molecule is CN(CC(F)F)C1CCN(C(=O)Cc2cc3cc(-c4cnccn4)ccc3cn2)CC1. The van der Waals surface area contributed by atoms with Gasteiger partial charge in [0.1, 0.15) is 0 Å². The summed E-state index contributed by atoms with van der Waals surface area (Å²) >= 11 is 0. The quantitative estimate of drug-likeness (QED) is 0.606. The maximum absolute atomic E-state index is 12.8. The average Bonchev–Trinajstić information content (AvgIpc) is 2.79. The Bertz CT molecular complexity index is 1040. The maximum Gasteiger partial charge on any atom is 0.251 e. The van der Waals surface area contributed by atoms with Crippen LogP contribution in [0.1, 0.15) is 18.5 Å². The third kappa shape index (κ3) is 5.19. The normalized spacial score (nSPS) is 15.2. The Kier molecular flexibility index (Phi) is 6.46. The van der Waals surface area contributed by atoms with Gasteiger partial charge in [-0.15, -0.1) is 0 Å². The molecule has 0 radical (unpaired) electrons. The molecule has 1 saturated heterocycles. The highest BCUT2D eigenvalue weighted by molar-refractivity contribution is 5.87. The van der Waals surface area contributed by atoms with Crippen LogP contribution in [-0.2, 0) is 11.2 Å². The number of nitrogens with zero attached hydrogens (tertiary/aromatic N) is 5. The van der Waals surface area contributed by atoms with Crippen LogP contribution >= 0.6 is 0 Å². The molecule has 0 aliphatic carbocycles. The number of carbonyl (C=O) groups excluding carboxylic acids is 1. The van der Waals surface area contributed by atoms with Crippen molar-refractivity contribution in [1.82, 2.24) is 24.8 Å². The molecule has 2 aromatic heterocycles. The maximum atomic E-state index is 12.8. The van der Waals surface area contributed by atoms with Crippen LogP contribution < -0.4 is 0 Å². The van der Waals surface area contributed by atoms with E-state index in [1.54, 1.807) is 36.7 Å². The summed E-state index contributed by atoms with van der Waals surface area (Å²) in [6, 6.07) is 8.03. The van der Waals surface area contributed by atoms with Crippen LogP contribution in [0.25, 0.3) is 22.0 Å². The lowest BCUT2D eigenvalue weighted by molar-refractivity contribution is -0.132. The van der Waals surface area contributed by atoms with E-state index in [0.717, 1.165) is 22.0 Å². The van der Waals surface area contributed by atoms with E-state index in [0.29, 0.717) is 31.6 Å². The number of carbonyl (C=O) groups is 1. The smallest absolute Gasteiger partial charge is 0.251 e. The van der Waals surface area contributed by atoms with Gasteiger partial charge in [-0.1, -0.05) is 12.1 Å². The lowest BCUT2D eigenvalue weighted by Crippen LogP contribution is -2.47. The molecule has 1 aliphatic heterocycles. The number of hydrogen-bond acceptors (Lipinski definition) is 5. The Hall–Kier alpha value is -3.00. The molecule has 3 aromatic rings. The van der Waals surface area contributed by atoms with Crippen molar-refractivity contribution in [2.75, 3.05) is 26.7 Å². The molecule has 0 N–H and O–H groups in total. The number of pyridine rings is 1. The van der Waals surface area contributed by atoms with Crippen molar-refractivity contribution in [2.24, 2.45) is 0 Å². The van der Waals surface area contributed by atoms with E-state index in [2.05, 4.69) is 15.0 Å². The minimum Gasteiger partial charge on any atom is -0.342 e. The van der Waals surface area contributed by atoms with Crippen LogP contribution in [0.2, 0.25) is 0 Å². The summed E-state index contributed by atoms with van der Waals surface area (Å²) in [5.41, 5.74) is 2.46. The monoisotopic (exact) mass is 425 g/mol. The van der Waals surface area contributed by atoms with Crippen LogP contribution in [0.3, 0.4) is 0 Å². The predicted molar refractivity (Wildman–Crippen MR) is 115 cm³/mol. The van der Waals surface area contributed by atoms with Gasteiger partial charge in [0.25, 0.3) is 6.43 Å². The molecule has 0 unspecified atom stereocenters. The first-order valence-corrected chi connectivity index (χ1v) is 10.4. The molecule has 31 heavy (non-hydrogen) atoms. The third-order valence-electron chi connectivity index (χ3n) is 5.84. The second kappa shape index (κ2) is 9.43. The summed E-state index contributed by atoms with van der Waals surface area (Å²) in [6.07, 6.45) is 6.10. The number of alkyl halides is 2. The molecule has 0 bridgehead atoms. The van der Waals surface area contributed by atoms with E-state index in [9.17, 15) is 13.6 Å². The average molecular weight is 425 g/mol. The van der Waals surface area contributed by atoms with Gasteiger partial charge in [-0.3, -0.25) is 24.6 Å². The molecule has 6 nitrogen and oxygen atoms in total. The van der Waals surface area contributed by atoms with Gasteiger partial charge in [-0.25, -0.2) is 8.78 Å². The number of aromatic nitrogens is 3. The van der Waals surface area contributed by atoms with Crippen LogP contribution in [0, 0.1) is 0 Å². The molecule has 1 fully saturated rings. The molecule has 1 amide bonds. The number of piperidine rings is 1. The summed E-state index contributed by atoms with van der Waals surface area (Å²) in [4.78, 5) is 29.2. The summed E-state index contributed by atoms with van der Waals surface area (Å²) in [5, 5.41) is 1.99. The molecule has 3 heterocycles. The Labute approximate surface area is 179 Å². The Morgan fingerprint density at radius 3 is 2.65 bits per heavy atom. The molecule has 0 spiro atoms. The fourth-order valence-corrected chi connectivity index (χ4v) is 4.08. The second-order valence-electron chi connectivity index (χ2n) is 7.95. The zero-order valence-electron chi connectivity index (χ0n) is 17.4. The summed E-state index contributed by atoms with van der Waals surface area (Å²) in [5.74, 6) is 0.0203. The summed E-state index contributed by atoms with van der Waals surface area (Å²) in [6.45, 7) is 0.944. The number of rotatable bonds is 6. The van der Waals surface area contributed by atoms with Gasteiger partial charge in [-0.05, 0) is 37.4 Å². The van der Waals surface area contributed by atoms with Gasteiger partial charge in [0.05, 0.1) is 30.6 Å². The first kappa shape index (κ1) is 21.2. The van der Waals surface area contributed by atoms with Crippen LogP contribution in [0.15, 0.2) is 49.1 Å². The van der Waals surface area contributed by atoms with Crippen molar-refractivity contribution < 1.29 is 13.6 Å². The van der Waals surface area contributed by atoms with Gasteiger partial charge in [-0.2, -0.15) is 0 Å². The lowest BCUT2D eigenvalue weighted by atomic mass is 10.0. The number of halogens is 2. The summed E-state index contributed by atoms with van der Waals surface area (Å²) in [7, 11) is 1.72. The predicted octanol–water partition coefficient (Wildman–Crippen LogP) is 3.42. The first-order valence-electron chi connectivity index (χ1n) is 10.4. The van der Waals surface area contributed by atoms with E-state index >= 15 is 0 Å². The Morgan fingerprint density at radius 1 is 1.13 bits per heavy atom. The van der Waals surface area contributed by atoms with Gasteiger partial charge in [0.15, 0.2) is 0 Å². The Morgan fingerprint density at radius 2 is 1.94 bits per heavy atom.